The number of furan rings is 1. The predicted molar refractivity (Wildman–Crippen MR) is 87.6 cm³/mol. The zero-order valence-electron chi connectivity index (χ0n) is 12.7. The molecule has 1 heterocycles. The Morgan fingerprint density at radius 3 is 2.48 bits per heavy atom. The van der Waals surface area contributed by atoms with Gasteiger partial charge in [0.2, 0.25) is 5.76 Å². The van der Waals surface area contributed by atoms with E-state index in [1.807, 2.05) is 45.0 Å². The van der Waals surface area contributed by atoms with E-state index in [-0.39, 0.29) is 5.76 Å². The average Bonchev–Trinajstić information content (AvgIpc) is 2.89. The summed E-state index contributed by atoms with van der Waals surface area (Å²) < 4.78 is 11.0. The van der Waals surface area contributed by atoms with E-state index in [1.165, 1.54) is 7.11 Å². The SMILES string of the molecule is CC.COC(=O)c1cc(CNc2ccc(Br)cc2)c(C)o1. The van der Waals surface area contributed by atoms with Crippen LogP contribution >= 0.6 is 15.9 Å². The number of ether oxygens (including phenoxy) is 1. The summed E-state index contributed by atoms with van der Waals surface area (Å²) in [7, 11) is 1.33. The summed E-state index contributed by atoms with van der Waals surface area (Å²) in [6.45, 7) is 6.42. The van der Waals surface area contributed by atoms with Crippen LogP contribution in [0, 0.1) is 6.92 Å². The molecule has 0 aliphatic rings. The van der Waals surface area contributed by atoms with Crippen molar-refractivity contribution < 1.29 is 13.9 Å². The summed E-state index contributed by atoms with van der Waals surface area (Å²) >= 11 is 3.39. The van der Waals surface area contributed by atoms with Crippen LogP contribution in [-0.2, 0) is 11.3 Å². The van der Waals surface area contributed by atoms with Gasteiger partial charge in [0.15, 0.2) is 0 Å². The van der Waals surface area contributed by atoms with E-state index in [4.69, 9.17) is 4.42 Å². The molecule has 2 aromatic rings. The van der Waals surface area contributed by atoms with Crippen LogP contribution in [0.1, 0.15) is 35.7 Å². The van der Waals surface area contributed by atoms with E-state index in [0.717, 1.165) is 15.7 Å². The van der Waals surface area contributed by atoms with Gasteiger partial charge in [-0.15, -0.1) is 0 Å². The van der Waals surface area contributed by atoms with Crippen molar-refractivity contribution in [3.63, 3.8) is 0 Å². The molecule has 0 saturated carbocycles. The Bertz CT molecular complexity index is 576. The van der Waals surface area contributed by atoms with Gasteiger partial charge in [0.05, 0.1) is 7.11 Å². The minimum Gasteiger partial charge on any atom is -0.463 e. The molecule has 0 saturated heterocycles. The fourth-order valence-electron chi connectivity index (χ4n) is 1.66. The van der Waals surface area contributed by atoms with Gasteiger partial charge in [-0.1, -0.05) is 29.8 Å². The zero-order valence-corrected chi connectivity index (χ0v) is 14.3. The maximum atomic E-state index is 11.3. The van der Waals surface area contributed by atoms with Crippen molar-refractivity contribution in [3.8, 4) is 0 Å². The van der Waals surface area contributed by atoms with Crippen LogP contribution in [0.15, 0.2) is 39.2 Å². The summed E-state index contributed by atoms with van der Waals surface area (Å²) in [6.07, 6.45) is 0. The Morgan fingerprint density at radius 1 is 1.29 bits per heavy atom. The second kappa shape index (κ2) is 8.52. The van der Waals surface area contributed by atoms with Crippen LogP contribution in [-0.4, -0.2) is 13.1 Å². The lowest BCUT2D eigenvalue weighted by Gasteiger charge is -2.05. The van der Waals surface area contributed by atoms with E-state index in [2.05, 4.69) is 26.0 Å². The van der Waals surface area contributed by atoms with E-state index >= 15 is 0 Å². The molecule has 0 aliphatic heterocycles. The first-order valence-corrected chi connectivity index (χ1v) is 7.56. The maximum Gasteiger partial charge on any atom is 0.373 e. The number of hydrogen-bond donors (Lipinski definition) is 1. The van der Waals surface area contributed by atoms with Gasteiger partial charge in [-0.3, -0.25) is 0 Å². The second-order valence-electron chi connectivity index (χ2n) is 4.04. The lowest BCUT2D eigenvalue weighted by Crippen LogP contribution is -2.00. The Labute approximate surface area is 133 Å². The highest BCUT2D eigenvalue weighted by atomic mass is 79.9. The summed E-state index contributed by atoms with van der Waals surface area (Å²) in [6, 6.07) is 9.57. The van der Waals surface area contributed by atoms with Crippen molar-refractivity contribution in [2.75, 3.05) is 12.4 Å². The Hall–Kier alpha value is -1.75. The normalized spacial score (nSPS) is 9.57. The van der Waals surface area contributed by atoms with Crippen molar-refractivity contribution in [1.29, 1.82) is 0 Å². The first kappa shape index (κ1) is 17.3. The number of anilines is 1. The van der Waals surface area contributed by atoms with Crippen LogP contribution in [0.25, 0.3) is 0 Å². The summed E-state index contributed by atoms with van der Waals surface area (Å²) in [5, 5.41) is 3.27. The van der Waals surface area contributed by atoms with E-state index < -0.39 is 5.97 Å². The molecule has 4 nitrogen and oxygen atoms in total. The van der Waals surface area contributed by atoms with Gasteiger partial charge < -0.3 is 14.5 Å². The van der Waals surface area contributed by atoms with Crippen molar-refractivity contribution in [3.05, 3.63) is 51.9 Å². The molecule has 1 aromatic heterocycles. The van der Waals surface area contributed by atoms with Gasteiger partial charge in [0.1, 0.15) is 5.76 Å². The maximum absolute atomic E-state index is 11.3. The van der Waals surface area contributed by atoms with Gasteiger partial charge in [-0.05, 0) is 37.3 Å². The fourth-order valence-corrected chi connectivity index (χ4v) is 1.93. The zero-order chi connectivity index (χ0) is 15.8. The van der Waals surface area contributed by atoms with Crippen molar-refractivity contribution in [1.82, 2.24) is 0 Å². The highest BCUT2D eigenvalue weighted by Crippen LogP contribution is 2.18. The molecule has 0 unspecified atom stereocenters. The third-order valence-electron chi connectivity index (χ3n) is 2.73. The molecule has 0 spiro atoms. The number of carbonyl (C=O) groups excluding carboxylic acids is 1. The molecular formula is C16H20BrNO3. The smallest absolute Gasteiger partial charge is 0.373 e. The lowest BCUT2D eigenvalue weighted by molar-refractivity contribution is 0.0563. The number of hydrogen-bond acceptors (Lipinski definition) is 4. The van der Waals surface area contributed by atoms with E-state index in [0.29, 0.717) is 12.3 Å². The van der Waals surface area contributed by atoms with Gasteiger partial charge >= 0.3 is 5.97 Å². The molecule has 1 aromatic carbocycles. The highest BCUT2D eigenvalue weighted by Gasteiger charge is 2.14. The number of carbonyl (C=O) groups is 1. The third kappa shape index (κ3) is 4.93. The molecule has 0 bridgehead atoms. The van der Waals surface area contributed by atoms with Gasteiger partial charge in [-0.25, -0.2) is 4.79 Å². The van der Waals surface area contributed by atoms with Crippen LogP contribution in [0.4, 0.5) is 5.69 Å². The number of benzene rings is 1. The summed E-state index contributed by atoms with van der Waals surface area (Å²) in [5.74, 6) is 0.482. The number of nitrogens with one attached hydrogen (secondary N) is 1. The van der Waals surface area contributed by atoms with Crippen LogP contribution in [0.3, 0.4) is 0 Å². The van der Waals surface area contributed by atoms with Crippen molar-refractivity contribution in [2.45, 2.75) is 27.3 Å². The second-order valence-corrected chi connectivity index (χ2v) is 4.96. The standard InChI is InChI=1S/C14H14BrNO3.C2H6/c1-9-10(7-13(19-9)14(17)18-2)8-16-12-5-3-11(15)4-6-12;1-2/h3-7,16H,8H2,1-2H3;1-2H3. The summed E-state index contributed by atoms with van der Waals surface area (Å²) in [5.41, 5.74) is 1.94. The van der Waals surface area contributed by atoms with Gasteiger partial charge in [0.25, 0.3) is 0 Å². The predicted octanol–water partition coefficient (Wildman–Crippen LogP) is 4.78. The molecule has 114 valence electrons. The Kier molecular flexibility index (Phi) is 7.02. The molecular weight excluding hydrogens is 334 g/mol. The Balaban J connectivity index is 0.00000106. The molecule has 0 fully saturated rings. The molecule has 2 rings (SSSR count). The number of methoxy groups -OCH3 is 1. The monoisotopic (exact) mass is 353 g/mol. The molecule has 1 N–H and O–H groups in total. The number of rotatable bonds is 4. The Morgan fingerprint density at radius 2 is 1.90 bits per heavy atom. The average molecular weight is 354 g/mol. The molecule has 0 atom stereocenters. The number of aryl methyl sites for hydroxylation is 1. The topological polar surface area (TPSA) is 51.5 Å². The van der Waals surface area contributed by atoms with Gasteiger partial charge in [0, 0.05) is 22.3 Å². The number of halogens is 1. The first-order chi connectivity index (χ1) is 10.1. The minimum absolute atomic E-state index is 0.229. The molecule has 0 amide bonds. The lowest BCUT2D eigenvalue weighted by atomic mass is 10.2. The molecule has 21 heavy (non-hydrogen) atoms. The van der Waals surface area contributed by atoms with E-state index in [1.54, 1.807) is 6.07 Å². The number of esters is 1. The summed E-state index contributed by atoms with van der Waals surface area (Å²) in [4.78, 5) is 11.3. The molecule has 0 radical (unpaired) electrons. The van der Waals surface area contributed by atoms with Crippen molar-refractivity contribution >= 4 is 27.6 Å². The minimum atomic E-state index is -0.460. The molecule has 5 heteroatoms. The van der Waals surface area contributed by atoms with Crippen LogP contribution in [0.5, 0.6) is 0 Å². The van der Waals surface area contributed by atoms with Crippen molar-refractivity contribution in [2.24, 2.45) is 0 Å². The molecule has 0 aliphatic carbocycles. The first-order valence-electron chi connectivity index (χ1n) is 6.77. The quantitative estimate of drug-likeness (QED) is 0.803. The highest BCUT2D eigenvalue weighted by molar-refractivity contribution is 9.10. The van der Waals surface area contributed by atoms with E-state index in [9.17, 15) is 4.79 Å². The fraction of sp³-hybridized carbons (Fsp3) is 0.312. The largest absolute Gasteiger partial charge is 0.463 e. The van der Waals surface area contributed by atoms with Crippen LogP contribution in [0.2, 0.25) is 0 Å². The van der Waals surface area contributed by atoms with Crippen LogP contribution < -0.4 is 5.32 Å². The third-order valence-corrected chi connectivity index (χ3v) is 3.26. The van der Waals surface area contributed by atoms with Gasteiger partial charge in [-0.2, -0.15) is 0 Å².